The first-order valence-electron chi connectivity index (χ1n) is 9.99. The first-order chi connectivity index (χ1) is 12.7. The average molecular weight is 358 g/mol. The normalized spacial score (nSPS) is 25.0. The monoisotopic (exact) mass is 358 g/mol. The van der Waals surface area contributed by atoms with E-state index >= 15 is 0 Å². The molecule has 2 aliphatic heterocycles. The quantitative estimate of drug-likeness (QED) is 0.849. The van der Waals surface area contributed by atoms with E-state index in [2.05, 4.69) is 17.6 Å². The Labute approximate surface area is 155 Å². The van der Waals surface area contributed by atoms with Gasteiger partial charge in [-0.25, -0.2) is 0 Å². The molecular weight excluding hydrogens is 328 g/mol. The predicted molar refractivity (Wildman–Crippen MR) is 101 cm³/mol. The number of ether oxygens (including phenoxy) is 2. The molecule has 26 heavy (non-hydrogen) atoms. The minimum absolute atomic E-state index is 0.172. The lowest BCUT2D eigenvalue weighted by Gasteiger charge is -2.23. The summed E-state index contributed by atoms with van der Waals surface area (Å²) in [5.74, 6) is 1.79. The van der Waals surface area contributed by atoms with Gasteiger partial charge in [0, 0.05) is 30.9 Å². The molecule has 0 bridgehead atoms. The molecule has 0 radical (unpaired) electrons. The highest BCUT2D eigenvalue weighted by Crippen LogP contribution is 2.58. The molecule has 1 saturated carbocycles. The van der Waals surface area contributed by atoms with Crippen molar-refractivity contribution >= 4 is 11.6 Å². The lowest BCUT2D eigenvalue weighted by Crippen LogP contribution is -2.31. The van der Waals surface area contributed by atoms with Crippen molar-refractivity contribution in [2.45, 2.75) is 39.0 Å². The predicted octanol–water partition coefficient (Wildman–Crippen LogP) is 3.13. The zero-order valence-electron chi connectivity index (χ0n) is 15.7. The highest BCUT2D eigenvalue weighted by atomic mass is 16.5. The molecule has 1 aromatic rings. The number of piperidine rings is 1. The molecule has 1 aliphatic carbocycles. The summed E-state index contributed by atoms with van der Waals surface area (Å²) < 4.78 is 11.5. The lowest BCUT2D eigenvalue weighted by molar-refractivity contribution is -0.118. The summed E-state index contributed by atoms with van der Waals surface area (Å²) >= 11 is 0. The lowest BCUT2D eigenvalue weighted by atomic mass is 9.92. The number of anilines is 1. The third kappa shape index (κ3) is 3.89. The molecule has 1 amide bonds. The minimum Gasteiger partial charge on any atom is -0.493 e. The minimum atomic E-state index is 0.172. The van der Waals surface area contributed by atoms with Crippen molar-refractivity contribution in [2.24, 2.45) is 17.3 Å². The first-order valence-corrected chi connectivity index (χ1v) is 9.99. The SMILES string of the molecule is Cc1ccc(NC(=O)C2CC23CCNCC3)cc1OCC1CCOCC1. The van der Waals surface area contributed by atoms with Gasteiger partial charge in [-0.05, 0) is 75.1 Å². The van der Waals surface area contributed by atoms with E-state index in [1.54, 1.807) is 0 Å². The molecule has 1 aromatic carbocycles. The van der Waals surface area contributed by atoms with E-state index in [4.69, 9.17) is 9.47 Å². The van der Waals surface area contributed by atoms with Crippen LogP contribution in [0.3, 0.4) is 0 Å². The number of nitrogens with one attached hydrogen (secondary N) is 2. The van der Waals surface area contributed by atoms with Crippen molar-refractivity contribution in [1.82, 2.24) is 5.32 Å². The standard InChI is InChI=1S/C21H30N2O3/c1-15-2-3-17(12-19(15)26-14-16-4-10-25-11-5-16)23-20(24)18-13-21(18)6-8-22-9-7-21/h2-3,12,16,18,22H,4-11,13-14H2,1H3,(H,23,24). The van der Waals surface area contributed by atoms with E-state index in [1.165, 1.54) is 0 Å². The van der Waals surface area contributed by atoms with Gasteiger partial charge >= 0.3 is 0 Å². The molecule has 1 atom stereocenters. The van der Waals surface area contributed by atoms with Crippen molar-refractivity contribution in [1.29, 1.82) is 0 Å². The molecular formula is C21H30N2O3. The molecule has 5 nitrogen and oxygen atoms in total. The highest BCUT2D eigenvalue weighted by Gasteiger charge is 2.57. The molecule has 4 rings (SSSR count). The van der Waals surface area contributed by atoms with Crippen LogP contribution in [0.5, 0.6) is 5.75 Å². The summed E-state index contributed by atoms with van der Waals surface area (Å²) in [5, 5.41) is 6.51. The van der Waals surface area contributed by atoms with Gasteiger partial charge in [-0.15, -0.1) is 0 Å². The summed E-state index contributed by atoms with van der Waals surface area (Å²) in [5.41, 5.74) is 2.22. The Kier molecular flexibility index (Phi) is 5.18. The number of hydrogen-bond acceptors (Lipinski definition) is 4. The Balaban J connectivity index is 1.34. The van der Waals surface area contributed by atoms with Crippen molar-refractivity contribution < 1.29 is 14.3 Å². The fourth-order valence-electron chi connectivity index (χ4n) is 4.38. The molecule has 2 heterocycles. The van der Waals surface area contributed by atoms with Crippen LogP contribution < -0.4 is 15.4 Å². The van der Waals surface area contributed by atoms with Crippen molar-refractivity contribution in [3.8, 4) is 5.75 Å². The number of carbonyl (C=O) groups is 1. The molecule has 1 spiro atoms. The summed E-state index contributed by atoms with van der Waals surface area (Å²) in [7, 11) is 0. The zero-order chi connectivity index (χ0) is 18.0. The summed E-state index contributed by atoms with van der Waals surface area (Å²) in [6.07, 6.45) is 5.42. The molecule has 142 valence electrons. The van der Waals surface area contributed by atoms with Crippen LogP contribution in [-0.4, -0.2) is 38.8 Å². The molecule has 1 unspecified atom stereocenters. The van der Waals surface area contributed by atoms with E-state index in [-0.39, 0.29) is 17.2 Å². The number of rotatable bonds is 5. The van der Waals surface area contributed by atoms with Crippen molar-refractivity contribution in [3.05, 3.63) is 23.8 Å². The van der Waals surface area contributed by atoms with Crippen LogP contribution in [0, 0.1) is 24.2 Å². The van der Waals surface area contributed by atoms with Gasteiger partial charge in [-0.1, -0.05) is 6.07 Å². The van der Waals surface area contributed by atoms with Gasteiger partial charge in [0.05, 0.1) is 6.61 Å². The maximum atomic E-state index is 12.7. The molecule has 3 aliphatic rings. The fraction of sp³-hybridized carbons (Fsp3) is 0.667. The number of hydrogen-bond donors (Lipinski definition) is 2. The summed E-state index contributed by atoms with van der Waals surface area (Å²) in [6, 6.07) is 5.98. The maximum Gasteiger partial charge on any atom is 0.228 e. The largest absolute Gasteiger partial charge is 0.493 e. The topological polar surface area (TPSA) is 59.6 Å². The number of aryl methyl sites for hydroxylation is 1. The van der Waals surface area contributed by atoms with Gasteiger partial charge in [-0.2, -0.15) is 0 Å². The Morgan fingerprint density at radius 2 is 2.08 bits per heavy atom. The second kappa shape index (κ2) is 7.57. The highest BCUT2D eigenvalue weighted by molar-refractivity contribution is 5.95. The molecule has 2 N–H and O–H groups in total. The molecule has 3 fully saturated rings. The van der Waals surface area contributed by atoms with Crippen molar-refractivity contribution in [3.63, 3.8) is 0 Å². The van der Waals surface area contributed by atoms with Gasteiger partial charge in [0.1, 0.15) is 5.75 Å². The second-order valence-corrected chi connectivity index (χ2v) is 8.21. The van der Waals surface area contributed by atoms with E-state index in [9.17, 15) is 4.79 Å². The molecule has 0 aromatic heterocycles. The van der Waals surface area contributed by atoms with E-state index in [0.29, 0.717) is 5.92 Å². The van der Waals surface area contributed by atoms with Crippen LogP contribution in [0.1, 0.15) is 37.7 Å². The Morgan fingerprint density at radius 3 is 2.85 bits per heavy atom. The number of benzene rings is 1. The average Bonchev–Trinajstić information content (AvgIpc) is 3.36. The Hall–Kier alpha value is -1.59. The molecule has 2 saturated heterocycles. The van der Waals surface area contributed by atoms with Gasteiger partial charge in [-0.3, -0.25) is 4.79 Å². The third-order valence-corrected chi connectivity index (χ3v) is 6.38. The van der Waals surface area contributed by atoms with E-state index in [1.807, 2.05) is 18.2 Å². The van der Waals surface area contributed by atoms with Gasteiger partial charge in [0.2, 0.25) is 5.91 Å². The van der Waals surface area contributed by atoms with Crippen molar-refractivity contribution in [2.75, 3.05) is 38.2 Å². The third-order valence-electron chi connectivity index (χ3n) is 6.38. The maximum absolute atomic E-state index is 12.7. The van der Waals surface area contributed by atoms with Crippen LogP contribution in [0.15, 0.2) is 18.2 Å². The zero-order valence-corrected chi connectivity index (χ0v) is 15.7. The van der Waals surface area contributed by atoms with E-state index < -0.39 is 0 Å². The van der Waals surface area contributed by atoms with Gasteiger partial charge < -0.3 is 20.1 Å². The van der Waals surface area contributed by atoms with Crippen LogP contribution in [0.25, 0.3) is 0 Å². The molecule has 5 heteroatoms. The number of carbonyl (C=O) groups excluding carboxylic acids is 1. The Bertz CT molecular complexity index is 649. The van der Waals surface area contributed by atoms with Gasteiger partial charge in [0.15, 0.2) is 0 Å². The van der Waals surface area contributed by atoms with Crippen LogP contribution in [0.2, 0.25) is 0 Å². The van der Waals surface area contributed by atoms with E-state index in [0.717, 1.165) is 82.0 Å². The summed E-state index contributed by atoms with van der Waals surface area (Å²) in [6.45, 7) is 6.52. The summed E-state index contributed by atoms with van der Waals surface area (Å²) in [4.78, 5) is 12.7. The fourth-order valence-corrected chi connectivity index (χ4v) is 4.38. The van der Waals surface area contributed by atoms with Gasteiger partial charge in [0.25, 0.3) is 0 Å². The smallest absolute Gasteiger partial charge is 0.228 e. The number of amides is 1. The second-order valence-electron chi connectivity index (χ2n) is 8.21. The van der Waals surface area contributed by atoms with Crippen LogP contribution in [-0.2, 0) is 9.53 Å². The van der Waals surface area contributed by atoms with Crippen LogP contribution in [0.4, 0.5) is 5.69 Å². The first kappa shape index (κ1) is 17.8. The Morgan fingerprint density at radius 1 is 1.31 bits per heavy atom. The van der Waals surface area contributed by atoms with Crippen LogP contribution >= 0.6 is 0 Å².